The van der Waals surface area contributed by atoms with Gasteiger partial charge in [0.2, 0.25) is 17.7 Å². The van der Waals surface area contributed by atoms with E-state index in [2.05, 4.69) is 45.1 Å². The van der Waals surface area contributed by atoms with Gasteiger partial charge in [0.1, 0.15) is 12.1 Å². The Kier molecular flexibility index (Phi) is 35.6. The lowest BCUT2D eigenvalue weighted by Gasteiger charge is -2.41. The monoisotopic (exact) mass is 1100 g/mol. The lowest BCUT2D eigenvalue weighted by Crippen LogP contribution is -2.65. The number of carbonyl (C=O) groups excluding carboxylic acids is 3. The second kappa shape index (κ2) is 41.2. The number of aryl methyl sites for hydroxylation is 1. The SMILES string of the molecule is CNCCCC[C@H](NC(=O)[C@@H](NC(=O)CCOCCOCCOCCOCCOCCOCCOCCOCCOCCN=[N+]=[N-])C(C)C)C(=O)Nc1ccc(CCC(C)(C)[Si](O)(c2ccccc2)c2ccccc2)cc1. The number of azide groups is 1. The van der Waals surface area contributed by atoms with E-state index in [1.165, 1.54) is 0 Å². The van der Waals surface area contributed by atoms with E-state index in [0.717, 1.165) is 41.7 Å². The Morgan fingerprint density at radius 3 is 1.48 bits per heavy atom. The lowest BCUT2D eigenvalue weighted by molar-refractivity contribution is -0.132. The van der Waals surface area contributed by atoms with Gasteiger partial charge in [-0.3, -0.25) is 14.4 Å². The van der Waals surface area contributed by atoms with Gasteiger partial charge in [-0.2, -0.15) is 0 Å². The van der Waals surface area contributed by atoms with Gasteiger partial charge in [0, 0.05) is 23.6 Å². The first-order chi connectivity index (χ1) is 37.4. The summed E-state index contributed by atoms with van der Waals surface area (Å²) in [5.41, 5.74) is 9.88. The Hall–Kier alpha value is -4.84. The smallest absolute Gasteiger partial charge is 0.258 e. The summed E-state index contributed by atoms with van der Waals surface area (Å²) >= 11 is 0. The van der Waals surface area contributed by atoms with Gasteiger partial charge in [-0.05, 0) is 90.3 Å². The molecule has 0 heterocycles. The maximum Gasteiger partial charge on any atom is 0.258 e. The predicted octanol–water partition coefficient (Wildman–Crippen LogP) is 4.96. The van der Waals surface area contributed by atoms with Crippen LogP contribution in [-0.2, 0) is 63.4 Å². The first-order valence-corrected chi connectivity index (χ1v) is 29.1. The van der Waals surface area contributed by atoms with Gasteiger partial charge >= 0.3 is 0 Å². The highest BCUT2D eigenvalue weighted by molar-refractivity contribution is 6.98. The summed E-state index contributed by atoms with van der Waals surface area (Å²) in [5.74, 6) is -1.34. The molecule has 21 heteroatoms. The molecule has 0 aromatic heterocycles. The Labute approximate surface area is 458 Å². The molecule has 0 aliphatic carbocycles. The van der Waals surface area contributed by atoms with Crippen LogP contribution in [0.4, 0.5) is 5.69 Å². The number of hydrogen-bond acceptors (Lipinski definition) is 15. The number of nitrogens with one attached hydrogen (secondary N) is 4. The van der Waals surface area contributed by atoms with Crippen molar-refractivity contribution in [3.8, 4) is 0 Å². The molecule has 430 valence electrons. The second-order valence-corrected chi connectivity index (χ2v) is 23.1. The molecule has 3 aromatic carbocycles. The number of carbonyl (C=O) groups is 3. The fourth-order valence-corrected chi connectivity index (χ4v) is 11.8. The highest BCUT2D eigenvalue weighted by Crippen LogP contribution is 2.40. The number of rotatable bonds is 47. The van der Waals surface area contributed by atoms with Gasteiger partial charge in [-0.15, -0.1) is 0 Å². The van der Waals surface area contributed by atoms with Crippen molar-refractivity contribution in [2.45, 2.75) is 83.3 Å². The van der Waals surface area contributed by atoms with Crippen LogP contribution in [0.25, 0.3) is 10.4 Å². The number of unbranched alkanes of at least 4 members (excludes halogenated alkanes) is 1. The summed E-state index contributed by atoms with van der Waals surface area (Å²) in [6, 6.07) is 26.1. The first kappa shape index (κ1) is 66.4. The summed E-state index contributed by atoms with van der Waals surface area (Å²) in [6.07, 6.45) is 3.48. The van der Waals surface area contributed by atoms with Crippen LogP contribution in [0.5, 0.6) is 0 Å². The normalized spacial score (nSPS) is 12.5. The topological polar surface area (TPSA) is 251 Å². The van der Waals surface area contributed by atoms with E-state index in [1.807, 2.05) is 106 Å². The van der Waals surface area contributed by atoms with E-state index in [0.29, 0.717) is 137 Å². The molecule has 0 unspecified atom stereocenters. The molecule has 0 aliphatic rings. The summed E-state index contributed by atoms with van der Waals surface area (Å²) < 4.78 is 49.3. The van der Waals surface area contributed by atoms with Crippen LogP contribution < -0.4 is 31.6 Å². The third kappa shape index (κ3) is 28.0. The fraction of sp³-hybridized carbons (Fsp3) is 0.625. The molecule has 0 spiro atoms. The van der Waals surface area contributed by atoms with Crippen molar-refractivity contribution in [1.82, 2.24) is 16.0 Å². The molecule has 0 fully saturated rings. The van der Waals surface area contributed by atoms with Gasteiger partial charge in [0.05, 0.1) is 119 Å². The molecule has 5 N–H and O–H groups in total. The van der Waals surface area contributed by atoms with Crippen molar-refractivity contribution in [3.63, 3.8) is 0 Å². The molecule has 0 saturated heterocycles. The third-order valence-electron chi connectivity index (χ3n) is 12.5. The molecule has 0 radical (unpaired) electrons. The molecule has 0 bridgehead atoms. The Morgan fingerprint density at radius 2 is 1.05 bits per heavy atom. The zero-order chi connectivity index (χ0) is 55.7. The predicted molar refractivity (Wildman–Crippen MR) is 300 cm³/mol. The van der Waals surface area contributed by atoms with Gasteiger partial charge in [0.25, 0.3) is 8.32 Å². The molecule has 2 atom stereocenters. The second-order valence-electron chi connectivity index (χ2n) is 19.2. The number of ether oxygens (including phenoxy) is 9. The lowest BCUT2D eigenvalue weighted by atomic mass is 10.0. The zero-order valence-corrected chi connectivity index (χ0v) is 47.4. The number of amides is 3. The largest absolute Gasteiger partial charge is 0.424 e. The summed E-state index contributed by atoms with van der Waals surface area (Å²) in [4.78, 5) is 55.7. The van der Waals surface area contributed by atoms with Gasteiger partial charge in [0.15, 0.2) is 0 Å². The standard InChI is InChI=1S/C56H89N7O13Si/c1-46(2)53(62-52(64)24-28-68-30-32-70-34-36-72-38-40-74-42-44-76-45-43-75-41-39-73-37-35-71-33-31-69-29-27-59-63-57)55(66)61-51(18-12-13-26-58-5)54(65)60-48-21-19-47(20-22-48)23-25-56(3,4)77(67,49-14-8-6-9-15-49)50-16-10-7-11-17-50/h6-11,14-17,19-22,46,51,53,58,67H,12-13,18,23-45H2,1-5H3,(H,60,65)(H,61,66)(H,62,64)/t51-,53-/m0/s1. The minimum absolute atomic E-state index is 0.0538. The van der Waals surface area contributed by atoms with Gasteiger partial charge in [-0.25, -0.2) is 0 Å². The summed E-state index contributed by atoms with van der Waals surface area (Å²) in [6.45, 7) is 16.4. The van der Waals surface area contributed by atoms with Crippen molar-refractivity contribution in [2.75, 3.05) is 144 Å². The highest BCUT2D eigenvalue weighted by atomic mass is 28.4. The molecule has 20 nitrogen and oxygen atoms in total. The van der Waals surface area contributed by atoms with Crippen LogP contribution in [-0.4, -0.2) is 182 Å². The molecular formula is C56H89N7O13Si. The Bertz CT molecular complexity index is 2020. The Balaban J connectivity index is 1.26. The zero-order valence-electron chi connectivity index (χ0n) is 46.4. The molecule has 3 rings (SSSR count). The molecule has 3 amide bonds. The van der Waals surface area contributed by atoms with Crippen molar-refractivity contribution in [2.24, 2.45) is 11.0 Å². The molecule has 0 saturated carbocycles. The van der Waals surface area contributed by atoms with Gasteiger partial charge < -0.3 is 68.7 Å². The van der Waals surface area contributed by atoms with Crippen LogP contribution in [0.3, 0.4) is 0 Å². The third-order valence-corrected chi connectivity index (χ3v) is 17.1. The van der Waals surface area contributed by atoms with E-state index >= 15 is 0 Å². The minimum Gasteiger partial charge on any atom is -0.424 e. The molecule has 0 aliphatic heterocycles. The van der Waals surface area contributed by atoms with Crippen molar-refractivity contribution >= 4 is 42.1 Å². The maximum absolute atomic E-state index is 13.8. The number of benzene rings is 3. The average molecular weight is 1100 g/mol. The van der Waals surface area contributed by atoms with E-state index < -0.39 is 31.3 Å². The highest BCUT2D eigenvalue weighted by Gasteiger charge is 2.49. The van der Waals surface area contributed by atoms with Crippen LogP contribution in [0, 0.1) is 5.92 Å². The fourth-order valence-electron chi connectivity index (χ4n) is 8.07. The molecular weight excluding hydrogens is 1010 g/mol. The summed E-state index contributed by atoms with van der Waals surface area (Å²) in [7, 11) is -1.28. The minimum atomic E-state index is -3.16. The van der Waals surface area contributed by atoms with Crippen molar-refractivity contribution < 1.29 is 61.8 Å². The van der Waals surface area contributed by atoms with Crippen molar-refractivity contribution in [3.05, 3.63) is 101 Å². The maximum atomic E-state index is 13.8. The number of anilines is 1. The van der Waals surface area contributed by atoms with Crippen LogP contribution >= 0.6 is 0 Å². The van der Waals surface area contributed by atoms with E-state index in [-0.39, 0.29) is 30.8 Å². The van der Waals surface area contributed by atoms with Crippen LogP contribution in [0.2, 0.25) is 5.04 Å². The molecule has 3 aromatic rings. The number of nitrogens with zero attached hydrogens (tertiary/aromatic N) is 3. The first-order valence-electron chi connectivity index (χ1n) is 27.1. The van der Waals surface area contributed by atoms with Crippen LogP contribution in [0.15, 0.2) is 90.0 Å². The quantitative estimate of drug-likeness (QED) is 0.0165. The van der Waals surface area contributed by atoms with Crippen molar-refractivity contribution in [1.29, 1.82) is 0 Å². The van der Waals surface area contributed by atoms with Gasteiger partial charge in [-0.1, -0.05) is 106 Å². The van der Waals surface area contributed by atoms with E-state index in [4.69, 9.17) is 48.2 Å². The average Bonchev–Trinajstić information content (AvgIpc) is 3.45. The molecule has 77 heavy (non-hydrogen) atoms. The summed E-state index contributed by atoms with van der Waals surface area (Å²) in [5, 5.41) is 16.8. The van der Waals surface area contributed by atoms with E-state index in [9.17, 15) is 19.2 Å². The van der Waals surface area contributed by atoms with E-state index in [1.54, 1.807) is 0 Å². The number of hydrogen-bond donors (Lipinski definition) is 5. The Morgan fingerprint density at radius 1 is 0.610 bits per heavy atom. The van der Waals surface area contributed by atoms with Crippen LogP contribution in [0.1, 0.15) is 65.4 Å².